The Morgan fingerprint density at radius 1 is 1.14 bits per heavy atom. The van der Waals surface area contributed by atoms with Crippen LogP contribution in [0, 0.1) is 5.92 Å². The molecule has 166 valence electrons. The Bertz CT molecular complexity index is 430. The van der Waals surface area contributed by atoms with Crippen LogP contribution in [-0.4, -0.2) is 76.4 Å². The lowest BCUT2D eigenvalue weighted by Crippen LogP contribution is -2.41. The van der Waals surface area contributed by atoms with Gasteiger partial charge in [-0.25, -0.2) is 4.99 Å². The van der Waals surface area contributed by atoms with Crippen LogP contribution in [0.4, 0.5) is 0 Å². The number of ether oxygens (including phenoxy) is 2. The van der Waals surface area contributed by atoms with Crippen molar-refractivity contribution in [2.24, 2.45) is 10.9 Å². The molecule has 2 N–H and O–H groups in total. The molecule has 1 rings (SSSR count). The Kier molecular flexibility index (Phi) is 16.9. The number of guanidine groups is 1. The number of amides is 1. The normalized spacial score (nSPS) is 15.8. The monoisotopic (exact) mass is 512 g/mol. The molecule has 0 aromatic carbocycles. The van der Waals surface area contributed by atoms with Gasteiger partial charge in [-0.15, -0.1) is 24.0 Å². The second-order valence-corrected chi connectivity index (χ2v) is 7.18. The number of hydrogen-bond donors (Lipinski definition) is 2. The van der Waals surface area contributed by atoms with Crippen molar-refractivity contribution >= 4 is 35.8 Å². The van der Waals surface area contributed by atoms with E-state index in [1.165, 1.54) is 25.7 Å². The standard InChI is InChI=1S/C20H40N4O3.HI/c1-5-26-15-9-13-21-20(23-16-19(25)24(3)4)22-14-12-18(27-6-2)17-10-7-8-11-17;/h17-18H,5-16H2,1-4H3,(H2,21,22,23);1H. The molecule has 0 spiro atoms. The number of nitrogens with zero attached hydrogens (tertiary/aromatic N) is 2. The molecular formula is C20H41IN4O3. The second kappa shape index (κ2) is 17.3. The number of aliphatic imine (C=N–C) groups is 1. The van der Waals surface area contributed by atoms with Gasteiger partial charge in [0, 0.05) is 47.0 Å². The molecule has 1 unspecified atom stereocenters. The average Bonchev–Trinajstić information content (AvgIpc) is 3.18. The summed E-state index contributed by atoms with van der Waals surface area (Å²) < 4.78 is 11.3. The molecule has 8 heteroatoms. The lowest BCUT2D eigenvalue weighted by Gasteiger charge is -2.24. The van der Waals surface area contributed by atoms with Crippen LogP contribution in [0.15, 0.2) is 4.99 Å². The van der Waals surface area contributed by atoms with Gasteiger partial charge < -0.3 is 25.0 Å². The van der Waals surface area contributed by atoms with Crippen LogP contribution in [0.5, 0.6) is 0 Å². The van der Waals surface area contributed by atoms with E-state index in [0.717, 1.165) is 45.8 Å². The first-order valence-corrected chi connectivity index (χ1v) is 10.5. The Morgan fingerprint density at radius 3 is 2.43 bits per heavy atom. The van der Waals surface area contributed by atoms with Crippen molar-refractivity contribution in [3.05, 3.63) is 0 Å². The molecule has 0 bridgehead atoms. The molecule has 0 heterocycles. The molecule has 7 nitrogen and oxygen atoms in total. The number of carbonyl (C=O) groups excluding carboxylic acids is 1. The first-order valence-electron chi connectivity index (χ1n) is 10.5. The summed E-state index contributed by atoms with van der Waals surface area (Å²) >= 11 is 0. The van der Waals surface area contributed by atoms with E-state index in [-0.39, 0.29) is 36.4 Å². The molecule has 0 aromatic rings. The van der Waals surface area contributed by atoms with Gasteiger partial charge in [0.2, 0.25) is 5.91 Å². The Labute approximate surface area is 188 Å². The van der Waals surface area contributed by atoms with Crippen molar-refractivity contribution in [1.29, 1.82) is 0 Å². The maximum atomic E-state index is 11.8. The summed E-state index contributed by atoms with van der Waals surface area (Å²) in [5.74, 6) is 1.36. The predicted octanol–water partition coefficient (Wildman–Crippen LogP) is 2.64. The molecule has 1 atom stereocenters. The molecule has 0 saturated heterocycles. The molecule has 0 radical (unpaired) electrons. The summed E-state index contributed by atoms with van der Waals surface area (Å²) in [4.78, 5) is 17.8. The van der Waals surface area contributed by atoms with Crippen molar-refractivity contribution in [1.82, 2.24) is 15.5 Å². The van der Waals surface area contributed by atoms with E-state index in [0.29, 0.717) is 18.0 Å². The van der Waals surface area contributed by atoms with Gasteiger partial charge in [0.1, 0.15) is 6.54 Å². The second-order valence-electron chi connectivity index (χ2n) is 7.18. The molecule has 0 aliphatic heterocycles. The summed E-state index contributed by atoms with van der Waals surface area (Å²) in [7, 11) is 3.49. The van der Waals surface area contributed by atoms with Crippen LogP contribution in [0.1, 0.15) is 52.4 Å². The smallest absolute Gasteiger partial charge is 0.243 e. The number of carbonyl (C=O) groups is 1. The van der Waals surface area contributed by atoms with Crippen LogP contribution >= 0.6 is 24.0 Å². The highest BCUT2D eigenvalue weighted by Crippen LogP contribution is 2.30. The minimum atomic E-state index is -0.0106. The molecule has 1 aliphatic carbocycles. The molecule has 1 amide bonds. The van der Waals surface area contributed by atoms with Gasteiger partial charge in [0.05, 0.1) is 6.10 Å². The van der Waals surface area contributed by atoms with Gasteiger partial charge in [-0.1, -0.05) is 12.8 Å². The van der Waals surface area contributed by atoms with Crippen LogP contribution in [0.3, 0.4) is 0 Å². The molecule has 0 aromatic heterocycles. The van der Waals surface area contributed by atoms with Crippen molar-refractivity contribution in [3.8, 4) is 0 Å². The van der Waals surface area contributed by atoms with Gasteiger partial charge in [-0.05, 0) is 45.4 Å². The Balaban J connectivity index is 0.00000729. The third-order valence-corrected chi connectivity index (χ3v) is 4.86. The van der Waals surface area contributed by atoms with Gasteiger partial charge in [-0.2, -0.15) is 0 Å². The summed E-state index contributed by atoms with van der Waals surface area (Å²) in [5, 5.41) is 6.66. The third kappa shape index (κ3) is 12.1. The first kappa shape index (κ1) is 27.4. The lowest BCUT2D eigenvalue weighted by molar-refractivity contribution is -0.127. The van der Waals surface area contributed by atoms with Gasteiger partial charge in [0.15, 0.2) is 5.96 Å². The van der Waals surface area contributed by atoms with E-state index in [4.69, 9.17) is 9.47 Å². The zero-order valence-corrected chi connectivity index (χ0v) is 20.5. The maximum Gasteiger partial charge on any atom is 0.243 e. The van der Waals surface area contributed by atoms with E-state index in [2.05, 4.69) is 22.5 Å². The van der Waals surface area contributed by atoms with E-state index in [9.17, 15) is 4.79 Å². The van der Waals surface area contributed by atoms with Crippen molar-refractivity contribution in [2.75, 3.05) is 53.6 Å². The Morgan fingerprint density at radius 2 is 1.82 bits per heavy atom. The number of hydrogen-bond acceptors (Lipinski definition) is 4. The number of rotatable bonds is 13. The highest BCUT2D eigenvalue weighted by atomic mass is 127. The van der Waals surface area contributed by atoms with Crippen molar-refractivity contribution < 1.29 is 14.3 Å². The van der Waals surface area contributed by atoms with Crippen molar-refractivity contribution in [2.45, 2.75) is 58.5 Å². The number of halogens is 1. The maximum absolute atomic E-state index is 11.8. The topological polar surface area (TPSA) is 75.2 Å². The SMILES string of the molecule is CCOCCCNC(=NCC(=O)N(C)C)NCCC(OCC)C1CCCC1.I. The fourth-order valence-electron chi connectivity index (χ4n) is 3.32. The zero-order chi connectivity index (χ0) is 19.9. The first-order chi connectivity index (χ1) is 13.1. The van der Waals surface area contributed by atoms with Gasteiger partial charge in [-0.3, -0.25) is 4.79 Å². The van der Waals surface area contributed by atoms with Gasteiger partial charge in [0.25, 0.3) is 0 Å². The summed E-state index contributed by atoms with van der Waals surface area (Å²) in [6.07, 6.45) is 7.37. The zero-order valence-electron chi connectivity index (χ0n) is 18.2. The Hall–Kier alpha value is -0.610. The van der Waals surface area contributed by atoms with Crippen molar-refractivity contribution in [3.63, 3.8) is 0 Å². The molecule has 1 fully saturated rings. The minimum absolute atomic E-state index is 0. The highest BCUT2D eigenvalue weighted by molar-refractivity contribution is 14.0. The minimum Gasteiger partial charge on any atom is -0.382 e. The molecule has 28 heavy (non-hydrogen) atoms. The van der Waals surface area contributed by atoms with E-state index in [1.54, 1.807) is 19.0 Å². The summed E-state index contributed by atoms with van der Waals surface area (Å²) in [6.45, 7) is 7.97. The van der Waals surface area contributed by atoms with Gasteiger partial charge >= 0.3 is 0 Å². The van der Waals surface area contributed by atoms with Crippen LogP contribution in [0.2, 0.25) is 0 Å². The summed E-state index contributed by atoms with van der Waals surface area (Å²) in [5.41, 5.74) is 0. The van der Waals surface area contributed by atoms with Crippen LogP contribution in [-0.2, 0) is 14.3 Å². The largest absolute Gasteiger partial charge is 0.382 e. The van der Waals surface area contributed by atoms with Crippen LogP contribution in [0.25, 0.3) is 0 Å². The quantitative estimate of drug-likeness (QED) is 0.172. The number of nitrogens with one attached hydrogen (secondary N) is 2. The fourth-order valence-corrected chi connectivity index (χ4v) is 3.32. The molecular weight excluding hydrogens is 471 g/mol. The average molecular weight is 512 g/mol. The fraction of sp³-hybridized carbons (Fsp3) is 0.900. The summed E-state index contributed by atoms with van der Waals surface area (Å²) in [6, 6.07) is 0. The number of likely N-dealkylation sites (N-methyl/N-ethyl adjacent to an activating group) is 1. The van der Waals surface area contributed by atoms with Crippen LogP contribution < -0.4 is 10.6 Å². The molecule has 1 saturated carbocycles. The predicted molar refractivity (Wildman–Crippen MR) is 126 cm³/mol. The van der Waals surface area contributed by atoms with E-state index in [1.807, 2.05) is 6.92 Å². The van der Waals surface area contributed by atoms with E-state index < -0.39 is 0 Å². The lowest BCUT2D eigenvalue weighted by atomic mass is 9.98. The molecule has 1 aliphatic rings. The third-order valence-electron chi connectivity index (χ3n) is 4.86. The highest BCUT2D eigenvalue weighted by Gasteiger charge is 2.25. The van der Waals surface area contributed by atoms with E-state index >= 15 is 0 Å².